The molecule has 0 bridgehead atoms. The quantitative estimate of drug-likeness (QED) is 0.707. The zero-order chi connectivity index (χ0) is 8.10. The van der Waals surface area contributed by atoms with Crippen molar-refractivity contribution in [2.45, 2.75) is 12.8 Å². The molecule has 0 aromatic rings. The summed E-state index contributed by atoms with van der Waals surface area (Å²) in [6, 6.07) is 0. The van der Waals surface area contributed by atoms with Gasteiger partial charge >= 0.3 is 0 Å². The highest BCUT2D eigenvalue weighted by atomic mass is 32.2. The topological polar surface area (TPSA) is 12.0 Å². The van der Waals surface area contributed by atoms with E-state index in [2.05, 4.69) is 5.32 Å². The number of nitrogens with one attached hydrogen (secondary N) is 1. The van der Waals surface area contributed by atoms with Gasteiger partial charge in [-0.05, 0) is 30.4 Å². The largest absolute Gasteiger partial charge is 0.311 e. The molecule has 0 saturated carbocycles. The van der Waals surface area contributed by atoms with Gasteiger partial charge in [0.25, 0.3) is 6.43 Å². The van der Waals surface area contributed by atoms with Crippen molar-refractivity contribution >= 4 is 11.8 Å². The van der Waals surface area contributed by atoms with Crippen molar-refractivity contribution in [2.24, 2.45) is 5.92 Å². The second-order valence-corrected chi connectivity index (χ2v) is 3.93. The first-order valence-corrected chi connectivity index (χ1v) is 5.01. The summed E-state index contributed by atoms with van der Waals surface area (Å²) in [4.78, 5) is 0. The molecule has 1 atom stereocenters. The van der Waals surface area contributed by atoms with Crippen LogP contribution in [-0.2, 0) is 0 Å². The fourth-order valence-corrected chi connectivity index (χ4v) is 2.43. The molecule has 1 fully saturated rings. The number of hydrogen-bond donors (Lipinski definition) is 1. The Kier molecular flexibility index (Phi) is 4.15. The predicted octanol–water partition coefficient (Wildman–Crippen LogP) is 1.59. The molecule has 0 amide bonds. The standard InChI is InChI=1S/C7H13F2NS/c8-7(9)4-10-3-6-1-2-11-5-6/h6-7,10H,1-5H2. The molecule has 1 heterocycles. The molecule has 4 heteroatoms. The first-order chi connectivity index (χ1) is 5.29. The van der Waals surface area contributed by atoms with E-state index in [1.165, 1.54) is 12.2 Å². The third-order valence-electron chi connectivity index (χ3n) is 1.76. The number of rotatable bonds is 4. The minimum Gasteiger partial charge on any atom is -0.311 e. The van der Waals surface area contributed by atoms with E-state index in [1.54, 1.807) is 0 Å². The second-order valence-electron chi connectivity index (χ2n) is 2.78. The van der Waals surface area contributed by atoms with E-state index in [-0.39, 0.29) is 6.54 Å². The molecular weight excluding hydrogens is 168 g/mol. The molecule has 1 aliphatic heterocycles. The van der Waals surface area contributed by atoms with Gasteiger partial charge in [-0.3, -0.25) is 0 Å². The fraction of sp³-hybridized carbons (Fsp3) is 1.00. The summed E-state index contributed by atoms with van der Waals surface area (Å²) >= 11 is 1.91. The SMILES string of the molecule is FC(F)CNCC1CCSC1. The van der Waals surface area contributed by atoms with Gasteiger partial charge < -0.3 is 5.32 Å². The van der Waals surface area contributed by atoms with Crippen LogP contribution in [0.3, 0.4) is 0 Å². The second kappa shape index (κ2) is 4.93. The van der Waals surface area contributed by atoms with Crippen molar-refractivity contribution in [3.05, 3.63) is 0 Å². The van der Waals surface area contributed by atoms with Crippen molar-refractivity contribution in [1.29, 1.82) is 0 Å². The van der Waals surface area contributed by atoms with Crippen LogP contribution in [0.15, 0.2) is 0 Å². The minimum atomic E-state index is -2.20. The molecule has 1 aliphatic rings. The molecule has 66 valence electrons. The summed E-state index contributed by atoms with van der Waals surface area (Å²) in [5.41, 5.74) is 0. The van der Waals surface area contributed by atoms with E-state index in [4.69, 9.17) is 0 Å². The van der Waals surface area contributed by atoms with Crippen LogP contribution in [0.2, 0.25) is 0 Å². The Hall–Kier alpha value is 0.170. The molecule has 0 aliphatic carbocycles. The van der Waals surface area contributed by atoms with Crippen molar-refractivity contribution < 1.29 is 8.78 Å². The van der Waals surface area contributed by atoms with Gasteiger partial charge in [-0.15, -0.1) is 0 Å². The molecule has 1 N–H and O–H groups in total. The Morgan fingerprint density at radius 3 is 2.91 bits per heavy atom. The Morgan fingerprint density at radius 2 is 2.36 bits per heavy atom. The lowest BCUT2D eigenvalue weighted by atomic mass is 10.1. The molecule has 0 radical (unpaired) electrons. The van der Waals surface area contributed by atoms with Crippen molar-refractivity contribution in [2.75, 3.05) is 24.6 Å². The van der Waals surface area contributed by atoms with Crippen LogP contribution in [-0.4, -0.2) is 31.0 Å². The molecule has 0 aromatic carbocycles. The van der Waals surface area contributed by atoms with Gasteiger partial charge in [0.05, 0.1) is 6.54 Å². The number of thioether (sulfide) groups is 1. The van der Waals surface area contributed by atoms with Crippen LogP contribution in [0.1, 0.15) is 6.42 Å². The van der Waals surface area contributed by atoms with Crippen molar-refractivity contribution in [3.63, 3.8) is 0 Å². The van der Waals surface area contributed by atoms with Crippen molar-refractivity contribution in [3.8, 4) is 0 Å². The average molecular weight is 181 g/mol. The van der Waals surface area contributed by atoms with Gasteiger partial charge in [0.1, 0.15) is 0 Å². The Morgan fingerprint density at radius 1 is 1.55 bits per heavy atom. The lowest BCUT2D eigenvalue weighted by Gasteiger charge is -2.08. The Labute approximate surface area is 69.9 Å². The molecule has 1 saturated heterocycles. The van der Waals surface area contributed by atoms with Crippen LogP contribution in [0, 0.1) is 5.92 Å². The molecule has 1 unspecified atom stereocenters. The number of hydrogen-bond acceptors (Lipinski definition) is 2. The Balaban J connectivity index is 1.94. The lowest BCUT2D eigenvalue weighted by Crippen LogP contribution is -2.27. The van der Waals surface area contributed by atoms with Gasteiger partial charge in [0, 0.05) is 0 Å². The van der Waals surface area contributed by atoms with Crippen LogP contribution in [0.25, 0.3) is 0 Å². The third kappa shape index (κ3) is 3.91. The molecule has 11 heavy (non-hydrogen) atoms. The first-order valence-electron chi connectivity index (χ1n) is 3.85. The maximum atomic E-state index is 11.6. The number of halogens is 2. The highest BCUT2D eigenvalue weighted by molar-refractivity contribution is 7.99. The summed E-state index contributed by atoms with van der Waals surface area (Å²) in [7, 11) is 0. The molecule has 1 nitrogen and oxygen atoms in total. The van der Waals surface area contributed by atoms with Crippen molar-refractivity contribution in [1.82, 2.24) is 5.32 Å². The first kappa shape index (κ1) is 9.26. The molecular formula is C7H13F2NS. The van der Waals surface area contributed by atoms with E-state index >= 15 is 0 Å². The maximum Gasteiger partial charge on any atom is 0.250 e. The fourth-order valence-electron chi connectivity index (χ4n) is 1.14. The lowest BCUT2D eigenvalue weighted by molar-refractivity contribution is 0.144. The monoisotopic (exact) mass is 181 g/mol. The van der Waals surface area contributed by atoms with E-state index < -0.39 is 6.43 Å². The van der Waals surface area contributed by atoms with E-state index in [0.717, 1.165) is 12.3 Å². The third-order valence-corrected chi connectivity index (χ3v) is 2.99. The smallest absolute Gasteiger partial charge is 0.250 e. The summed E-state index contributed by atoms with van der Waals surface area (Å²) < 4.78 is 23.3. The van der Waals surface area contributed by atoms with Crippen LogP contribution in [0.5, 0.6) is 0 Å². The maximum absolute atomic E-state index is 11.6. The highest BCUT2D eigenvalue weighted by Crippen LogP contribution is 2.22. The van der Waals surface area contributed by atoms with E-state index in [9.17, 15) is 8.78 Å². The van der Waals surface area contributed by atoms with Gasteiger partial charge in [-0.2, -0.15) is 11.8 Å². The van der Waals surface area contributed by atoms with Crippen LogP contribution >= 0.6 is 11.8 Å². The summed E-state index contributed by atoms with van der Waals surface area (Å²) in [6.45, 7) is 0.610. The van der Waals surface area contributed by atoms with Gasteiger partial charge in [0.2, 0.25) is 0 Å². The van der Waals surface area contributed by atoms with E-state index in [1.807, 2.05) is 11.8 Å². The van der Waals surface area contributed by atoms with Crippen LogP contribution < -0.4 is 5.32 Å². The predicted molar refractivity (Wildman–Crippen MR) is 44.3 cm³/mol. The average Bonchev–Trinajstić information content (AvgIpc) is 2.39. The zero-order valence-corrected chi connectivity index (χ0v) is 7.17. The normalized spacial score (nSPS) is 24.8. The Bertz CT molecular complexity index is 105. The molecule has 0 spiro atoms. The minimum absolute atomic E-state index is 0.152. The highest BCUT2D eigenvalue weighted by Gasteiger charge is 2.15. The van der Waals surface area contributed by atoms with Gasteiger partial charge in [0.15, 0.2) is 0 Å². The number of alkyl halides is 2. The summed E-state index contributed by atoms with van der Waals surface area (Å²) in [6.07, 6.45) is -1.02. The molecule has 1 rings (SSSR count). The molecule has 0 aromatic heterocycles. The van der Waals surface area contributed by atoms with E-state index in [0.29, 0.717) is 5.92 Å². The van der Waals surface area contributed by atoms with Gasteiger partial charge in [-0.1, -0.05) is 0 Å². The summed E-state index contributed by atoms with van der Waals surface area (Å²) in [5.74, 6) is 2.95. The summed E-state index contributed by atoms with van der Waals surface area (Å²) in [5, 5.41) is 2.76. The van der Waals surface area contributed by atoms with Crippen LogP contribution in [0.4, 0.5) is 8.78 Å². The zero-order valence-electron chi connectivity index (χ0n) is 6.35. The van der Waals surface area contributed by atoms with Gasteiger partial charge in [-0.25, -0.2) is 8.78 Å².